The molecule has 35 heavy (non-hydrogen) atoms. The first-order valence-electron chi connectivity index (χ1n) is 10.5. The topological polar surface area (TPSA) is 131 Å². The number of thioether (sulfide) groups is 1. The Kier molecular flexibility index (Phi) is 6.68. The lowest BCUT2D eigenvalue weighted by atomic mass is 10.0. The number of aromatic nitrogens is 2. The molecule has 2 N–H and O–H groups in total. The summed E-state index contributed by atoms with van der Waals surface area (Å²) >= 11 is 4.17. The maximum atomic E-state index is 13.4. The summed E-state index contributed by atoms with van der Waals surface area (Å²) in [6.07, 6.45) is -3.37. The molecule has 0 aromatic carbocycles. The summed E-state index contributed by atoms with van der Waals surface area (Å²) in [5.41, 5.74) is -0.903. The minimum absolute atomic E-state index is 0.151. The van der Waals surface area contributed by atoms with Crippen molar-refractivity contribution < 1.29 is 42.2 Å². The van der Waals surface area contributed by atoms with Gasteiger partial charge in [-0.15, -0.1) is 11.8 Å². The Morgan fingerprint density at radius 1 is 1.34 bits per heavy atom. The van der Waals surface area contributed by atoms with Gasteiger partial charge in [0.05, 0.1) is 10.2 Å². The number of carboxylic acid groups (broad SMARTS) is 1. The SMILES string of the molecule is CC(=O)OCC1=C(C(=O)O)N2C(=O)[C@@H](NC(=O)[C@H](C)n3nc(C(F)(F)F)c(Br)c3C3CC3)[C@H]2SC1. The highest BCUT2D eigenvalue weighted by atomic mass is 79.9. The molecule has 3 aliphatic rings. The molecular weight excluding hydrogens is 561 g/mol. The van der Waals surface area contributed by atoms with Crippen molar-refractivity contribution in [3.05, 3.63) is 27.1 Å². The number of nitrogens with zero attached hydrogens (tertiary/aromatic N) is 3. The van der Waals surface area contributed by atoms with Gasteiger partial charge in [-0.1, -0.05) is 0 Å². The maximum absolute atomic E-state index is 13.4. The molecule has 2 amide bonds. The molecule has 0 spiro atoms. The molecular formula is C20H20BrF3N4O6S. The van der Waals surface area contributed by atoms with Crippen molar-refractivity contribution >= 4 is 51.4 Å². The number of ether oxygens (including phenoxy) is 1. The first kappa shape index (κ1) is 25.5. The van der Waals surface area contributed by atoms with Crippen molar-refractivity contribution in [3.63, 3.8) is 0 Å². The number of carbonyl (C=O) groups excluding carboxylic acids is 3. The highest BCUT2D eigenvalue weighted by Gasteiger charge is 2.54. The lowest BCUT2D eigenvalue weighted by Crippen LogP contribution is -2.71. The van der Waals surface area contributed by atoms with E-state index in [-0.39, 0.29) is 39.7 Å². The van der Waals surface area contributed by atoms with Crippen molar-refractivity contribution in [2.75, 3.05) is 12.4 Å². The predicted octanol–water partition coefficient (Wildman–Crippen LogP) is 2.40. The third-order valence-corrected chi connectivity index (χ3v) is 7.98. The van der Waals surface area contributed by atoms with Gasteiger partial charge < -0.3 is 15.2 Å². The van der Waals surface area contributed by atoms with Crippen LogP contribution in [0.5, 0.6) is 0 Å². The molecule has 0 radical (unpaired) electrons. The monoisotopic (exact) mass is 580 g/mol. The number of amides is 2. The smallest absolute Gasteiger partial charge is 0.436 e. The lowest BCUT2D eigenvalue weighted by molar-refractivity contribution is -0.151. The molecule has 1 aliphatic carbocycles. The minimum atomic E-state index is -4.71. The summed E-state index contributed by atoms with van der Waals surface area (Å²) in [6, 6.07) is -2.22. The Hall–Kier alpha value is -2.55. The first-order chi connectivity index (χ1) is 16.3. The summed E-state index contributed by atoms with van der Waals surface area (Å²) in [7, 11) is 0. The van der Waals surface area contributed by atoms with Gasteiger partial charge in [-0.05, 0) is 35.7 Å². The van der Waals surface area contributed by atoms with Gasteiger partial charge in [0.25, 0.3) is 5.91 Å². The van der Waals surface area contributed by atoms with E-state index >= 15 is 0 Å². The average Bonchev–Trinajstić information content (AvgIpc) is 3.54. The normalized spacial score (nSPS) is 22.9. The van der Waals surface area contributed by atoms with Crippen LogP contribution in [-0.2, 0) is 30.1 Å². The van der Waals surface area contributed by atoms with E-state index in [0.717, 1.165) is 9.58 Å². The summed E-state index contributed by atoms with van der Waals surface area (Å²) in [6.45, 7) is 2.27. The molecule has 10 nitrogen and oxygen atoms in total. The Labute approximate surface area is 209 Å². The number of hydrogen-bond donors (Lipinski definition) is 2. The Morgan fingerprint density at radius 2 is 2.00 bits per heavy atom. The Bertz CT molecular complexity index is 1150. The number of rotatable bonds is 7. The number of fused-ring (bicyclic) bond motifs is 1. The van der Waals surface area contributed by atoms with Crippen LogP contribution in [0.3, 0.4) is 0 Å². The van der Waals surface area contributed by atoms with Crippen LogP contribution >= 0.6 is 27.7 Å². The molecule has 190 valence electrons. The Balaban J connectivity index is 1.52. The molecule has 1 aromatic rings. The van der Waals surface area contributed by atoms with Crippen molar-refractivity contribution in [3.8, 4) is 0 Å². The van der Waals surface area contributed by atoms with Crippen LogP contribution in [0.4, 0.5) is 13.2 Å². The first-order valence-corrected chi connectivity index (χ1v) is 12.4. The molecule has 2 aliphatic heterocycles. The second-order valence-corrected chi connectivity index (χ2v) is 10.3. The summed E-state index contributed by atoms with van der Waals surface area (Å²) < 4.78 is 45.9. The van der Waals surface area contributed by atoms with Crippen molar-refractivity contribution in [2.24, 2.45) is 0 Å². The van der Waals surface area contributed by atoms with Crippen LogP contribution in [0, 0.1) is 0 Å². The fourth-order valence-electron chi connectivity index (χ4n) is 3.99. The number of esters is 1. The van der Waals surface area contributed by atoms with E-state index in [1.54, 1.807) is 0 Å². The minimum Gasteiger partial charge on any atom is -0.477 e. The summed E-state index contributed by atoms with van der Waals surface area (Å²) in [5.74, 6) is -3.39. The molecule has 0 bridgehead atoms. The number of β-lactam (4-membered cyclic amide) rings is 1. The number of hydrogen-bond acceptors (Lipinski definition) is 7. The second-order valence-electron chi connectivity index (χ2n) is 8.37. The van der Waals surface area contributed by atoms with Crippen molar-refractivity contribution in [1.82, 2.24) is 20.0 Å². The van der Waals surface area contributed by atoms with Gasteiger partial charge >= 0.3 is 18.1 Å². The standard InChI is InChI=1S/C20H20BrF3N4O6S/c1-7(28-13(9-3-4-9)11(21)15(26-28)20(22,23)24)16(30)25-12-17(31)27-14(19(32)33)10(5-34-8(2)29)6-35-18(12)27/h7,9,12,18H,3-6H2,1-2H3,(H,25,30)(H,32,33)/t7-,12+,18+/m0/s1. The average molecular weight is 581 g/mol. The van der Waals surface area contributed by atoms with Crippen molar-refractivity contribution in [2.45, 2.75) is 56.2 Å². The van der Waals surface area contributed by atoms with Gasteiger partial charge in [-0.3, -0.25) is 24.0 Å². The fraction of sp³-hybridized carbons (Fsp3) is 0.550. The van der Waals surface area contributed by atoms with E-state index in [9.17, 15) is 37.5 Å². The van der Waals surface area contributed by atoms with Crippen LogP contribution in [0.2, 0.25) is 0 Å². The molecule has 2 fully saturated rings. The fourth-order valence-corrected chi connectivity index (χ4v) is 6.13. The van der Waals surface area contributed by atoms with Gasteiger partial charge in [-0.2, -0.15) is 18.3 Å². The van der Waals surface area contributed by atoms with E-state index in [0.29, 0.717) is 12.8 Å². The third-order valence-electron chi connectivity index (χ3n) is 5.86. The molecule has 15 heteroatoms. The summed E-state index contributed by atoms with van der Waals surface area (Å²) in [4.78, 5) is 49.6. The maximum Gasteiger partial charge on any atom is 0.436 e. The zero-order chi connectivity index (χ0) is 25.8. The quantitative estimate of drug-likeness (QED) is 0.371. The molecule has 3 heterocycles. The largest absolute Gasteiger partial charge is 0.477 e. The van der Waals surface area contributed by atoms with Crippen molar-refractivity contribution in [1.29, 1.82) is 0 Å². The van der Waals surface area contributed by atoms with Gasteiger partial charge in [0.15, 0.2) is 5.69 Å². The van der Waals surface area contributed by atoms with Crippen LogP contribution in [0.15, 0.2) is 15.7 Å². The van der Waals surface area contributed by atoms with Gasteiger partial charge in [0.1, 0.15) is 29.8 Å². The lowest BCUT2D eigenvalue weighted by Gasteiger charge is -2.49. The summed E-state index contributed by atoms with van der Waals surface area (Å²) in [5, 5.41) is 15.1. The predicted molar refractivity (Wildman–Crippen MR) is 118 cm³/mol. The van der Waals surface area contributed by atoms with E-state index < -0.39 is 53.1 Å². The van der Waals surface area contributed by atoms with E-state index in [1.165, 1.54) is 25.6 Å². The number of aliphatic carboxylic acids is 1. The Morgan fingerprint density at radius 3 is 2.54 bits per heavy atom. The number of nitrogens with one attached hydrogen (secondary N) is 1. The van der Waals surface area contributed by atoms with Crippen LogP contribution in [0.25, 0.3) is 0 Å². The number of carbonyl (C=O) groups is 4. The molecule has 1 saturated carbocycles. The van der Waals surface area contributed by atoms with Gasteiger partial charge in [0, 0.05) is 24.2 Å². The zero-order valence-corrected chi connectivity index (χ0v) is 20.8. The van der Waals surface area contributed by atoms with Crippen LogP contribution < -0.4 is 5.32 Å². The molecule has 1 saturated heterocycles. The van der Waals surface area contributed by atoms with E-state index in [1.807, 2.05) is 0 Å². The van der Waals surface area contributed by atoms with E-state index in [4.69, 9.17) is 4.74 Å². The molecule has 4 rings (SSSR count). The number of carboxylic acids is 1. The van der Waals surface area contributed by atoms with Gasteiger partial charge in [-0.25, -0.2) is 4.79 Å². The zero-order valence-electron chi connectivity index (χ0n) is 18.4. The molecule has 1 aromatic heterocycles. The number of halogens is 4. The number of alkyl halides is 3. The van der Waals surface area contributed by atoms with Crippen LogP contribution in [-0.4, -0.2) is 67.3 Å². The molecule has 0 unspecified atom stereocenters. The highest BCUT2D eigenvalue weighted by molar-refractivity contribution is 9.10. The van der Waals surface area contributed by atoms with Crippen LogP contribution in [0.1, 0.15) is 50.0 Å². The van der Waals surface area contributed by atoms with E-state index in [2.05, 4.69) is 26.3 Å². The third kappa shape index (κ3) is 4.67. The highest BCUT2D eigenvalue weighted by Crippen LogP contribution is 2.48. The second kappa shape index (κ2) is 9.15. The molecule has 3 atom stereocenters. The van der Waals surface area contributed by atoms with Gasteiger partial charge in [0.2, 0.25) is 5.91 Å².